The molecule has 1 saturated carbocycles. The summed E-state index contributed by atoms with van der Waals surface area (Å²) >= 11 is 0. The van der Waals surface area contributed by atoms with E-state index in [2.05, 4.69) is 16.7 Å². The number of carbonyl (C=O) groups is 2. The monoisotopic (exact) mass is 308 g/mol. The number of urea groups is 1. The van der Waals surface area contributed by atoms with Gasteiger partial charge >= 0.3 is 6.03 Å². The van der Waals surface area contributed by atoms with Gasteiger partial charge < -0.3 is 20.3 Å². The summed E-state index contributed by atoms with van der Waals surface area (Å²) in [5.41, 5.74) is -0.712. The smallest absolute Gasteiger partial charge is 0.318 e. The molecule has 1 aliphatic heterocycles. The molecule has 0 spiro atoms. The highest BCUT2D eigenvalue weighted by Crippen LogP contribution is 2.34. The molecule has 2 N–H and O–H groups in total. The van der Waals surface area contributed by atoms with Crippen molar-refractivity contribution in [1.29, 1.82) is 5.26 Å². The summed E-state index contributed by atoms with van der Waals surface area (Å²) < 4.78 is 5.22. The van der Waals surface area contributed by atoms with E-state index in [0.29, 0.717) is 45.6 Å². The fourth-order valence-corrected chi connectivity index (χ4v) is 2.42. The van der Waals surface area contributed by atoms with Crippen molar-refractivity contribution in [2.75, 3.05) is 26.3 Å². The Morgan fingerprint density at radius 3 is 2.45 bits per heavy atom. The lowest BCUT2D eigenvalue weighted by molar-refractivity contribution is -0.124. The normalized spacial score (nSPS) is 20.9. The van der Waals surface area contributed by atoms with Crippen LogP contribution in [0.5, 0.6) is 0 Å². The van der Waals surface area contributed by atoms with E-state index in [4.69, 9.17) is 10.00 Å². The summed E-state index contributed by atoms with van der Waals surface area (Å²) in [5.74, 6) is -0.00710. The Hall–Kier alpha value is -1.81. The Balaban J connectivity index is 1.94. The molecular weight excluding hydrogens is 284 g/mol. The highest BCUT2D eigenvalue weighted by molar-refractivity contribution is 5.88. The fraction of sp³-hybridized carbons (Fsp3) is 0.800. The first-order chi connectivity index (χ1) is 10.5. The first-order valence-corrected chi connectivity index (χ1v) is 7.82. The van der Waals surface area contributed by atoms with Gasteiger partial charge in [-0.3, -0.25) is 4.79 Å². The van der Waals surface area contributed by atoms with E-state index >= 15 is 0 Å². The predicted octanol–water partition coefficient (Wildman–Crippen LogP) is 0.615. The molecular formula is C15H24N4O3. The third-order valence-corrected chi connectivity index (χ3v) is 3.95. The van der Waals surface area contributed by atoms with Crippen LogP contribution in [0.3, 0.4) is 0 Å². The molecule has 3 amide bonds. The molecule has 1 atom stereocenters. The van der Waals surface area contributed by atoms with Crippen LogP contribution in [-0.4, -0.2) is 54.7 Å². The fourth-order valence-electron chi connectivity index (χ4n) is 2.42. The maximum Gasteiger partial charge on any atom is 0.318 e. The van der Waals surface area contributed by atoms with Crippen LogP contribution in [0.1, 0.15) is 33.1 Å². The lowest BCUT2D eigenvalue weighted by atomic mass is 10.0. The quantitative estimate of drug-likeness (QED) is 0.778. The summed E-state index contributed by atoms with van der Waals surface area (Å²) in [6.07, 6.45) is 1.91. The second-order valence-corrected chi connectivity index (χ2v) is 6.41. The van der Waals surface area contributed by atoms with E-state index in [1.807, 2.05) is 13.8 Å². The van der Waals surface area contributed by atoms with Gasteiger partial charge in [-0.25, -0.2) is 4.79 Å². The number of hydrogen-bond donors (Lipinski definition) is 2. The van der Waals surface area contributed by atoms with Crippen molar-refractivity contribution in [3.63, 3.8) is 0 Å². The maximum absolute atomic E-state index is 12.4. The van der Waals surface area contributed by atoms with Crippen LogP contribution in [0.15, 0.2) is 0 Å². The van der Waals surface area contributed by atoms with Crippen molar-refractivity contribution < 1.29 is 14.3 Å². The molecule has 0 aromatic carbocycles. The topological polar surface area (TPSA) is 94.5 Å². The van der Waals surface area contributed by atoms with Crippen molar-refractivity contribution in [3.8, 4) is 6.07 Å². The average Bonchev–Trinajstić information content (AvgIpc) is 3.27. The first-order valence-electron chi connectivity index (χ1n) is 7.82. The van der Waals surface area contributed by atoms with Crippen LogP contribution in [0.2, 0.25) is 0 Å². The molecule has 7 nitrogen and oxygen atoms in total. The van der Waals surface area contributed by atoms with Gasteiger partial charge in [0, 0.05) is 13.1 Å². The third-order valence-electron chi connectivity index (χ3n) is 3.95. The Kier molecular flexibility index (Phi) is 5.24. The van der Waals surface area contributed by atoms with Crippen molar-refractivity contribution in [2.24, 2.45) is 5.92 Å². The molecule has 22 heavy (non-hydrogen) atoms. The zero-order chi connectivity index (χ0) is 16.2. The minimum atomic E-state index is -0.712. The summed E-state index contributed by atoms with van der Waals surface area (Å²) in [6.45, 7) is 6.10. The highest BCUT2D eigenvalue weighted by Gasteiger charge is 2.45. The summed E-state index contributed by atoms with van der Waals surface area (Å²) in [5, 5.41) is 14.7. The third kappa shape index (κ3) is 4.34. The predicted molar refractivity (Wildman–Crippen MR) is 79.9 cm³/mol. The van der Waals surface area contributed by atoms with E-state index in [-0.39, 0.29) is 17.9 Å². The van der Waals surface area contributed by atoms with Crippen LogP contribution in [-0.2, 0) is 9.53 Å². The van der Waals surface area contributed by atoms with Crippen molar-refractivity contribution in [3.05, 3.63) is 0 Å². The number of amides is 3. The number of ether oxygens (including phenoxy) is 1. The van der Waals surface area contributed by atoms with Crippen LogP contribution < -0.4 is 10.6 Å². The van der Waals surface area contributed by atoms with Gasteiger partial charge in [0.05, 0.1) is 19.3 Å². The molecule has 2 aliphatic rings. The van der Waals surface area contributed by atoms with Gasteiger partial charge in [0.1, 0.15) is 11.6 Å². The molecule has 0 aromatic heterocycles. The van der Waals surface area contributed by atoms with Crippen LogP contribution in [0.25, 0.3) is 0 Å². The van der Waals surface area contributed by atoms with Gasteiger partial charge in [0.15, 0.2) is 0 Å². The summed E-state index contributed by atoms with van der Waals surface area (Å²) in [7, 11) is 0. The van der Waals surface area contributed by atoms with E-state index < -0.39 is 11.6 Å². The van der Waals surface area contributed by atoms with Gasteiger partial charge in [0.2, 0.25) is 5.91 Å². The number of hydrogen-bond acceptors (Lipinski definition) is 4. The zero-order valence-electron chi connectivity index (χ0n) is 13.2. The van der Waals surface area contributed by atoms with Gasteiger partial charge in [0.25, 0.3) is 0 Å². The minimum Gasteiger partial charge on any atom is -0.378 e. The number of rotatable bonds is 5. The van der Waals surface area contributed by atoms with Crippen molar-refractivity contribution in [2.45, 2.75) is 44.7 Å². The summed E-state index contributed by atoms with van der Waals surface area (Å²) in [4.78, 5) is 26.3. The number of carbonyl (C=O) groups excluding carboxylic acids is 2. The molecule has 0 bridgehead atoms. The lowest BCUT2D eigenvalue weighted by Crippen LogP contribution is -2.55. The second-order valence-electron chi connectivity index (χ2n) is 6.41. The standard InChI is InChI=1S/C15H24N4O3/c1-11(2)9-12(13(20)18-15(10-16)3-4-15)17-14(21)19-5-7-22-8-6-19/h11-12H,3-9H2,1-2H3,(H,17,21)(H,18,20). The summed E-state index contributed by atoms with van der Waals surface area (Å²) in [6, 6.07) is 1.28. The van der Waals surface area contributed by atoms with Gasteiger partial charge in [-0.1, -0.05) is 13.8 Å². The van der Waals surface area contributed by atoms with E-state index in [9.17, 15) is 9.59 Å². The largest absolute Gasteiger partial charge is 0.378 e. The average molecular weight is 308 g/mol. The molecule has 122 valence electrons. The molecule has 1 saturated heterocycles. The number of morpholine rings is 1. The first kappa shape index (κ1) is 16.6. The molecule has 2 fully saturated rings. The van der Waals surface area contributed by atoms with Crippen LogP contribution in [0, 0.1) is 17.2 Å². The van der Waals surface area contributed by atoms with Crippen LogP contribution in [0.4, 0.5) is 4.79 Å². The molecule has 0 radical (unpaired) electrons. The maximum atomic E-state index is 12.4. The number of nitriles is 1. The van der Waals surface area contributed by atoms with E-state index in [1.54, 1.807) is 4.90 Å². The van der Waals surface area contributed by atoms with E-state index in [0.717, 1.165) is 0 Å². The van der Waals surface area contributed by atoms with E-state index in [1.165, 1.54) is 0 Å². The molecule has 1 unspecified atom stereocenters. The number of nitrogens with zero attached hydrogens (tertiary/aromatic N) is 2. The highest BCUT2D eigenvalue weighted by atomic mass is 16.5. The number of nitrogens with one attached hydrogen (secondary N) is 2. The molecule has 0 aromatic rings. The SMILES string of the molecule is CC(C)CC(NC(=O)N1CCOCC1)C(=O)NC1(C#N)CC1. The van der Waals surface area contributed by atoms with Gasteiger partial charge in [-0.15, -0.1) is 0 Å². The zero-order valence-corrected chi connectivity index (χ0v) is 13.2. The Morgan fingerprint density at radius 2 is 1.95 bits per heavy atom. The van der Waals surface area contributed by atoms with Crippen molar-refractivity contribution >= 4 is 11.9 Å². The van der Waals surface area contributed by atoms with Crippen LogP contribution >= 0.6 is 0 Å². The van der Waals surface area contributed by atoms with Crippen molar-refractivity contribution in [1.82, 2.24) is 15.5 Å². The Labute approximate surface area is 131 Å². The molecule has 1 aliphatic carbocycles. The molecule has 7 heteroatoms. The van der Waals surface area contributed by atoms with Gasteiger partial charge in [-0.05, 0) is 25.2 Å². The lowest BCUT2D eigenvalue weighted by Gasteiger charge is -2.29. The Bertz CT molecular complexity index is 462. The minimum absolute atomic E-state index is 0.245. The molecule has 2 rings (SSSR count). The van der Waals surface area contributed by atoms with Gasteiger partial charge in [-0.2, -0.15) is 5.26 Å². The molecule has 1 heterocycles. The Morgan fingerprint density at radius 1 is 1.32 bits per heavy atom. The second kappa shape index (κ2) is 6.97.